The number of amides is 1. The summed E-state index contributed by atoms with van der Waals surface area (Å²) in [6.07, 6.45) is 2.31. The molecule has 37 heavy (non-hydrogen) atoms. The van der Waals surface area contributed by atoms with E-state index in [0.29, 0.717) is 17.5 Å². The van der Waals surface area contributed by atoms with Crippen molar-refractivity contribution in [1.29, 1.82) is 0 Å². The lowest BCUT2D eigenvalue weighted by atomic mass is 9.95. The molecule has 2 heterocycles. The van der Waals surface area contributed by atoms with E-state index in [1.807, 2.05) is 73.1 Å². The molecule has 0 bridgehead atoms. The summed E-state index contributed by atoms with van der Waals surface area (Å²) in [6.45, 7) is 4.01. The average molecular weight is 515 g/mol. The Labute approximate surface area is 210 Å². The van der Waals surface area contributed by atoms with E-state index in [2.05, 4.69) is 15.3 Å². The fourth-order valence-corrected chi connectivity index (χ4v) is 3.56. The SMILES string of the molecule is CC(C)CC(=O)NC(c1ccc(-n2ccnc2)cc1)c1ccc2cccnc2c1O.O=C(O)C(F)(F)F. The Morgan fingerprint density at radius 2 is 1.73 bits per heavy atom. The number of benzene rings is 2. The van der Waals surface area contributed by atoms with Crippen molar-refractivity contribution in [3.05, 3.63) is 84.6 Å². The van der Waals surface area contributed by atoms with Crippen LogP contribution in [-0.2, 0) is 9.59 Å². The Kier molecular flexibility index (Phi) is 8.49. The summed E-state index contributed by atoms with van der Waals surface area (Å²) in [4.78, 5) is 29.9. The van der Waals surface area contributed by atoms with Gasteiger partial charge in [0.15, 0.2) is 0 Å². The summed E-state index contributed by atoms with van der Waals surface area (Å²) in [5.41, 5.74) is 2.98. The molecule has 4 rings (SSSR count). The lowest BCUT2D eigenvalue weighted by Gasteiger charge is -2.22. The van der Waals surface area contributed by atoms with Gasteiger partial charge in [0.25, 0.3) is 0 Å². The highest BCUT2D eigenvalue weighted by molar-refractivity contribution is 5.86. The Morgan fingerprint density at radius 3 is 2.30 bits per heavy atom. The monoisotopic (exact) mass is 514 g/mol. The molecule has 0 radical (unpaired) electrons. The van der Waals surface area contributed by atoms with Gasteiger partial charge in [0.1, 0.15) is 11.3 Å². The Hall–Kier alpha value is -4.41. The summed E-state index contributed by atoms with van der Waals surface area (Å²) in [5.74, 6) is -2.50. The topological polar surface area (TPSA) is 117 Å². The zero-order valence-electron chi connectivity index (χ0n) is 20.0. The van der Waals surface area contributed by atoms with Gasteiger partial charge in [-0.25, -0.2) is 9.78 Å². The molecule has 0 aliphatic rings. The molecule has 0 fully saturated rings. The van der Waals surface area contributed by atoms with Gasteiger partial charge in [-0.1, -0.05) is 44.2 Å². The van der Waals surface area contributed by atoms with Crippen molar-refractivity contribution in [3.8, 4) is 11.4 Å². The van der Waals surface area contributed by atoms with Crippen molar-refractivity contribution in [3.63, 3.8) is 0 Å². The van der Waals surface area contributed by atoms with Crippen molar-refractivity contribution < 1.29 is 33.0 Å². The first-order valence-corrected chi connectivity index (χ1v) is 11.2. The van der Waals surface area contributed by atoms with Crippen LogP contribution in [0.4, 0.5) is 13.2 Å². The highest BCUT2D eigenvalue weighted by atomic mass is 19.4. The molecule has 0 saturated carbocycles. The lowest BCUT2D eigenvalue weighted by molar-refractivity contribution is -0.192. The summed E-state index contributed by atoms with van der Waals surface area (Å²) in [7, 11) is 0. The third-order valence-electron chi connectivity index (χ3n) is 5.26. The highest BCUT2D eigenvalue weighted by Crippen LogP contribution is 2.34. The van der Waals surface area contributed by atoms with E-state index in [9.17, 15) is 23.1 Å². The number of fused-ring (bicyclic) bond motifs is 1. The van der Waals surface area contributed by atoms with E-state index in [-0.39, 0.29) is 17.6 Å². The maximum atomic E-state index is 12.6. The number of hydrogen-bond acceptors (Lipinski definition) is 5. The van der Waals surface area contributed by atoms with Gasteiger partial charge in [-0.05, 0) is 29.7 Å². The molecule has 2 aromatic carbocycles. The van der Waals surface area contributed by atoms with Gasteiger partial charge in [-0.15, -0.1) is 0 Å². The number of aromatic hydroxyl groups is 1. The maximum Gasteiger partial charge on any atom is 0.490 e. The first kappa shape index (κ1) is 27.2. The van der Waals surface area contributed by atoms with Crippen molar-refractivity contribution in [2.24, 2.45) is 5.92 Å². The van der Waals surface area contributed by atoms with Gasteiger partial charge in [-0.2, -0.15) is 13.2 Å². The van der Waals surface area contributed by atoms with Crippen LogP contribution in [0.5, 0.6) is 5.75 Å². The number of carboxylic acid groups (broad SMARTS) is 1. The number of rotatable bonds is 6. The third kappa shape index (κ3) is 7.06. The molecule has 0 saturated heterocycles. The van der Waals surface area contributed by atoms with Crippen LogP contribution in [0, 0.1) is 5.92 Å². The van der Waals surface area contributed by atoms with Crippen LogP contribution < -0.4 is 5.32 Å². The van der Waals surface area contributed by atoms with Crippen LogP contribution >= 0.6 is 0 Å². The number of halogens is 3. The van der Waals surface area contributed by atoms with E-state index in [4.69, 9.17) is 9.90 Å². The summed E-state index contributed by atoms with van der Waals surface area (Å²) < 4.78 is 33.6. The lowest BCUT2D eigenvalue weighted by Crippen LogP contribution is -2.30. The summed E-state index contributed by atoms with van der Waals surface area (Å²) in [6, 6.07) is 14.9. The minimum atomic E-state index is -5.08. The smallest absolute Gasteiger partial charge is 0.490 e. The van der Waals surface area contributed by atoms with Crippen LogP contribution in [0.3, 0.4) is 0 Å². The Bertz CT molecular complexity index is 1350. The van der Waals surface area contributed by atoms with Crippen LogP contribution in [-0.4, -0.2) is 42.8 Å². The summed E-state index contributed by atoms with van der Waals surface area (Å²) >= 11 is 0. The fourth-order valence-electron chi connectivity index (χ4n) is 3.56. The second kappa shape index (κ2) is 11.5. The third-order valence-corrected chi connectivity index (χ3v) is 5.26. The van der Waals surface area contributed by atoms with Crippen LogP contribution in [0.1, 0.15) is 37.4 Å². The van der Waals surface area contributed by atoms with Crippen molar-refractivity contribution in [1.82, 2.24) is 19.9 Å². The molecule has 1 amide bonds. The quantitative estimate of drug-likeness (QED) is 0.333. The highest BCUT2D eigenvalue weighted by Gasteiger charge is 2.38. The van der Waals surface area contributed by atoms with E-state index in [1.165, 1.54) is 0 Å². The number of pyridine rings is 1. The normalized spacial score (nSPS) is 12.1. The molecule has 11 heteroatoms. The van der Waals surface area contributed by atoms with Crippen LogP contribution in [0.2, 0.25) is 0 Å². The molecule has 1 atom stereocenters. The largest absolute Gasteiger partial charge is 0.505 e. The van der Waals surface area contributed by atoms with E-state index < -0.39 is 18.2 Å². The molecular weight excluding hydrogens is 489 g/mol. The van der Waals surface area contributed by atoms with Crippen molar-refractivity contribution in [2.45, 2.75) is 32.5 Å². The minimum Gasteiger partial charge on any atom is -0.505 e. The van der Waals surface area contributed by atoms with Gasteiger partial charge >= 0.3 is 12.1 Å². The van der Waals surface area contributed by atoms with Gasteiger partial charge in [-0.3, -0.25) is 9.78 Å². The number of aromatic nitrogens is 3. The second-order valence-electron chi connectivity index (χ2n) is 8.54. The number of carbonyl (C=O) groups excluding carboxylic acids is 1. The number of carbonyl (C=O) groups is 2. The Morgan fingerprint density at radius 1 is 1.05 bits per heavy atom. The number of hydrogen-bond donors (Lipinski definition) is 3. The zero-order valence-corrected chi connectivity index (χ0v) is 20.0. The van der Waals surface area contributed by atoms with Gasteiger partial charge in [0, 0.05) is 41.6 Å². The van der Waals surface area contributed by atoms with Gasteiger partial charge < -0.3 is 20.1 Å². The number of phenolic OH excluding ortho intramolecular Hbond substituents is 1. The number of nitrogens with zero attached hydrogens (tertiary/aromatic N) is 3. The molecule has 8 nitrogen and oxygen atoms in total. The average Bonchev–Trinajstić information content (AvgIpc) is 3.38. The van der Waals surface area contributed by atoms with Crippen molar-refractivity contribution in [2.75, 3.05) is 0 Å². The predicted octanol–water partition coefficient (Wildman–Crippen LogP) is 5.01. The van der Waals surface area contributed by atoms with Crippen LogP contribution in [0.25, 0.3) is 16.6 Å². The number of nitrogens with one attached hydrogen (secondary N) is 1. The molecule has 0 aliphatic carbocycles. The molecule has 194 valence electrons. The zero-order chi connectivity index (χ0) is 27.2. The maximum absolute atomic E-state index is 12.6. The molecule has 0 spiro atoms. The van der Waals surface area contributed by atoms with Crippen molar-refractivity contribution >= 4 is 22.8 Å². The molecule has 4 aromatic rings. The number of carboxylic acids is 1. The standard InChI is InChI=1S/C24H24N4O2.C2HF3O2/c1-16(2)14-21(29)27-22(18-5-8-19(9-6-18)28-13-12-25-15-28)20-10-7-17-4-3-11-26-23(17)24(20)30;3-2(4,5)1(6)7/h3-13,15-16,22,30H,14H2,1-2H3,(H,27,29);(H,6,7). The molecule has 2 aromatic heterocycles. The molecular formula is C26H25F3N4O4. The minimum absolute atomic E-state index is 0.0609. The fraction of sp³-hybridized carbons (Fsp3) is 0.231. The first-order valence-electron chi connectivity index (χ1n) is 11.2. The van der Waals surface area contributed by atoms with E-state index in [1.54, 1.807) is 18.7 Å². The van der Waals surface area contributed by atoms with Crippen LogP contribution in [0.15, 0.2) is 73.4 Å². The van der Waals surface area contributed by atoms with Gasteiger partial charge in [0.05, 0.1) is 12.4 Å². The molecule has 3 N–H and O–H groups in total. The number of alkyl halides is 3. The first-order chi connectivity index (χ1) is 17.5. The van der Waals surface area contributed by atoms with Gasteiger partial charge in [0.2, 0.25) is 5.91 Å². The Balaban J connectivity index is 0.000000479. The number of aliphatic carboxylic acids is 1. The molecule has 1 unspecified atom stereocenters. The summed E-state index contributed by atoms with van der Waals surface area (Å²) in [5, 5.41) is 22.0. The van der Waals surface area contributed by atoms with E-state index in [0.717, 1.165) is 16.6 Å². The van der Waals surface area contributed by atoms with E-state index >= 15 is 0 Å². The molecule has 0 aliphatic heterocycles. The number of imidazole rings is 1. The predicted molar refractivity (Wildman–Crippen MR) is 130 cm³/mol. The number of phenols is 1. The second-order valence-corrected chi connectivity index (χ2v) is 8.54.